The van der Waals surface area contributed by atoms with Crippen LogP contribution < -0.4 is 0 Å². The van der Waals surface area contributed by atoms with Crippen molar-refractivity contribution in [3.8, 4) is 0 Å². The Kier molecular flexibility index (Phi) is 4.67. The van der Waals surface area contributed by atoms with Gasteiger partial charge in [0.05, 0.1) is 0 Å². The van der Waals surface area contributed by atoms with Gasteiger partial charge in [-0.1, -0.05) is 29.8 Å². The zero-order valence-electron chi connectivity index (χ0n) is 13.5. The molecule has 0 spiro atoms. The van der Waals surface area contributed by atoms with E-state index in [1.54, 1.807) is 42.5 Å². The van der Waals surface area contributed by atoms with Gasteiger partial charge in [0.1, 0.15) is 5.54 Å². The topological polar surface area (TPSA) is 50.3 Å². The smallest absolute Gasteiger partial charge is 0.254 e. The van der Waals surface area contributed by atoms with Crippen LogP contribution in [0.4, 0.5) is 0 Å². The molecular formula is C19H19ClN2O2. The summed E-state index contributed by atoms with van der Waals surface area (Å²) in [7, 11) is 1.69. The van der Waals surface area contributed by atoms with E-state index in [-0.39, 0.29) is 11.7 Å². The van der Waals surface area contributed by atoms with Gasteiger partial charge in [0.2, 0.25) is 0 Å². The Labute approximate surface area is 146 Å². The van der Waals surface area contributed by atoms with Crippen LogP contribution in [0.5, 0.6) is 0 Å². The highest BCUT2D eigenvalue weighted by atomic mass is 35.5. The zero-order valence-corrected chi connectivity index (χ0v) is 14.3. The van der Waals surface area contributed by atoms with Crippen molar-refractivity contribution in [1.82, 2.24) is 9.88 Å². The molecule has 4 nitrogen and oxygen atoms in total. The van der Waals surface area contributed by atoms with Crippen LogP contribution in [0.3, 0.4) is 0 Å². The van der Waals surface area contributed by atoms with E-state index in [0.717, 1.165) is 12.8 Å². The van der Waals surface area contributed by atoms with Gasteiger partial charge in [-0.25, -0.2) is 0 Å². The van der Waals surface area contributed by atoms with Gasteiger partial charge >= 0.3 is 0 Å². The molecule has 2 aromatic rings. The van der Waals surface area contributed by atoms with E-state index in [9.17, 15) is 9.59 Å². The van der Waals surface area contributed by atoms with Crippen molar-refractivity contribution in [2.75, 3.05) is 7.05 Å². The monoisotopic (exact) mass is 342 g/mol. The number of nitrogens with zero attached hydrogens (tertiary/aromatic N) is 2. The molecule has 1 aromatic heterocycles. The van der Waals surface area contributed by atoms with Crippen LogP contribution in [0.2, 0.25) is 5.02 Å². The van der Waals surface area contributed by atoms with Crippen LogP contribution in [-0.2, 0) is 10.3 Å². The fourth-order valence-corrected chi connectivity index (χ4v) is 3.78. The lowest BCUT2D eigenvalue weighted by atomic mass is 9.74. The maximum Gasteiger partial charge on any atom is 0.254 e. The van der Waals surface area contributed by atoms with E-state index in [2.05, 4.69) is 4.98 Å². The minimum Gasteiger partial charge on any atom is -0.325 e. The summed E-state index contributed by atoms with van der Waals surface area (Å²) in [5.74, 6) is -0.153. The number of rotatable bonds is 3. The third-order valence-corrected chi connectivity index (χ3v) is 5.11. The summed E-state index contributed by atoms with van der Waals surface area (Å²) in [4.78, 5) is 31.5. The largest absolute Gasteiger partial charge is 0.325 e. The van der Waals surface area contributed by atoms with Crippen LogP contribution in [0.1, 0.15) is 41.6 Å². The molecule has 0 aliphatic heterocycles. The Balaban J connectivity index is 2.10. The van der Waals surface area contributed by atoms with Crippen LogP contribution in [0, 0.1) is 0 Å². The number of hydrogen-bond donors (Lipinski definition) is 0. The van der Waals surface area contributed by atoms with Gasteiger partial charge in [-0.3, -0.25) is 14.6 Å². The second-order valence-corrected chi connectivity index (χ2v) is 6.48. The first-order chi connectivity index (χ1) is 11.6. The quantitative estimate of drug-likeness (QED) is 0.851. The average molecular weight is 343 g/mol. The summed E-state index contributed by atoms with van der Waals surface area (Å²) in [5.41, 5.74) is 0.218. The summed E-state index contributed by atoms with van der Waals surface area (Å²) in [5, 5.41) is 0.516. The fourth-order valence-electron chi connectivity index (χ4n) is 3.49. The number of ketones is 1. The predicted octanol–water partition coefficient (Wildman–Crippen LogP) is 3.85. The number of likely N-dealkylation sites (N-methyl/N-ethyl adjacent to an activating group) is 1. The molecule has 3 rings (SSSR count). The van der Waals surface area contributed by atoms with E-state index < -0.39 is 5.54 Å². The molecule has 0 radical (unpaired) electrons. The number of carbonyl (C=O) groups excluding carboxylic acids is 2. The lowest BCUT2D eigenvalue weighted by Gasteiger charge is -2.44. The van der Waals surface area contributed by atoms with Crippen molar-refractivity contribution in [1.29, 1.82) is 0 Å². The molecule has 0 N–H and O–H groups in total. The van der Waals surface area contributed by atoms with Crippen molar-refractivity contribution in [2.45, 2.75) is 31.2 Å². The zero-order chi connectivity index (χ0) is 17.2. The Hall–Kier alpha value is -2.20. The first-order valence-corrected chi connectivity index (χ1v) is 8.41. The van der Waals surface area contributed by atoms with E-state index >= 15 is 0 Å². The molecule has 1 aliphatic rings. The summed E-state index contributed by atoms with van der Waals surface area (Å²) in [6, 6.07) is 10.6. The van der Waals surface area contributed by atoms with Gasteiger partial charge in [-0.2, -0.15) is 0 Å². The molecule has 1 heterocycles. The lowest BCUT2D eigenvalue weighted by molar-refractivity contribution is -0.132. The van der Waals surface area contributed by atoms with Gasteiger partial charge < -0.3 is 4.90 Å². The van der Waals surface area contributed by atoms with Crippen LogP contribution in [0.15, 0.2) is 48.8 Å². The standard InChI is InChI=1S/C19H19ClN2O2/c1-22(18(24)14-9-12-21-13-10-14)19(11-5-4-8-17(19)23)15-6-2-3-7-16(15)20/h2-3,6-7,9-10,12-13H,4-5,8,11H2,1H3. The van der Waals surface area contributed by atoms with Gasteiger partial charge in [0.15, 0.2) is 5.78 Å². The number of halogens is 1. The van der Waals surface area contributed by atoms with E-state index in [1.165, 1.54) is 0 Å². The third kappa shape index (κ3) is 2.71. The Morgan fingerprint density at radius 3 is 2.54 bits per heavy atom. The van der Waals surface area contributed by atoms with Gasteiger partial charge in [0.25, 0.3) is 5.91 Å². The second-order valence-electron chi connectivity index (χ2n) is 6.07. The third-order valence-electron chi connectivity index (χ3n) is 4.78. The highest BCUT2D eigenvalue weighted by Gasteiger charge is 2.48. The lowest BCUT2D eigenvalue weighted by Crippen LogP contribution is -2.54. The van der Waals surface area contributed by atoms with Crippen LogP contribution >= 0.6 is 11.6 Å². The summed E-state index contributed by atoms with van der Waals surface area (Å²) < 4.78 is 0. The molecule has 0 bridgehead atoms. The highest BCUT2D eigenvalue weighted by Crippen LogP contribution is 2.42. The summed E-state index contributed by atoms with van der Waals surface area (Å²) >= 11 is 6.41. The molecule has 1 fully saturated rings. The SMILES string of the molecule is CN(C(=O)c1ccncc1)C1(c2ccccc2Cl)CCCCC1=O. The van der Waals surface area contributed by atoms with Gasteiger partial charge in [-0.05, 0) is 37.5 Å². The molecule has 1 saturated carbocycles. The Morgan fingerprint density at radius 1 is 1.17 bits per heavy atom. The molecule has 1 amide bonds. The van der Waals surface area contributed by atoms with Gasteiger partial charge in [-0.15, -0.1) is 0 Å². The molecule has 1 aliphatic carbocycles. The molecule has 1 aromatic carbocycles. The minimum atomic E-state index is -1.00. The molecule has 1 atom stereocenters. The molecule has 24 heavy (non-hydrogen) atoms. The molecule has 124 valence electrons. The van der Waals surface area contributed by atoms with E-state index in [4.69, 9.17) is 11.6 Å². The highest BCUT2D eigenvalue weighted by molar-refractivity contribution is 6.31. The molecular weight excluding hydrogens is 324 g/mol. The number of hydrogen-bond acceptors (Lipinski definition) is 3. The average Bonchev–Trinajstić information content (AvgIpc) is 2.62. The predicted molar refractivity (Wildman–Crippen MR) is 92.9 cm³/mol. The second kappa shape index (κ2) is 6.73. The molecule has 0 saturated heterocycles. The van der Waals surface area contributed by atoms with Crippen molar-refractivity contribution >= 4 is 23.3 Å². The molecule has 5 heteroatoms. The maximum absolute atomic E-state index is 13.0. The number of Topliss-reactive ketones (excluding diaryl/α,β-unsaturated/α-hetero) is 1. The van der Waals surface area contributed by atoms with Crippen molar-refractivity contribution in [3.63, 3.8) is 0 Å². The fraction of sp³-hybridized carbons (Fsp3) is 0.316. The minimum absolute atomic E-state index is 0.0479. The number of carbonyl (C=O) groups is 2. The first-order valence-electron chi connectivity index (χ1n) is 8.04. The normalized spacial score (nSPS) is 20.7. The number of aromatic nitrogens is 1. The summed E-state index contributed by atoms with van der Waals surface area (Å²) in [6.45, 7) is 0. The number of amides is 1. The Bertz CT molecular complexity index is 763. The van der Waals surface area contributed by atoms with Crippen LogP contribution in [0.25, 0.3) is 0 Å². The number of pyridine rings is 1. The van der Waals surface area contributed by atoms with Crippen LogP contribution in [-0.4, -0.2) is 28.6 Å². The van der Waals surface area contributed by atoms with E-state index in [1.807, 2.05) is 18.2 Å². The van der Waals surface area contributed by atoms with E-state index in [0.29, 0.717) is 29.0 Å². The maximum atomic E-state index is 13.0. The summed E-state index contributed by atoms with van der Waals surface area (Å²) in [6.07, 6.45) is 5.92. The van der Waals surface area contributed by atoms with Crippen molar-refractivity contribution < 1.29 is 9.59 Å². The van der Waals surface area contributed by atoms with Crippen molar-refractivity contribution in [2.24, 2.45) is 0 Å². The first kappa shape index (κ1) is 16.7. The molecule has 1 unspecified atom stereocenters. The van der Waals surface area contributed by atoms with Gasteiger partial charge in [0, 0.05) is 42.0 Å². The van der Waals surface area contributed by atoms with Crippen molar-refractivity contribution in [3.05, 3.63) is 64.9 Å². The number of benzene rings is 1. The Morgan fingerprint density at radius 2 is 1.88 bits per heavy atom.